The van der Waals surface area contributed by atoms with E-state index in [0.29, 0.717) is 16.3 Å². The van der Waals surface area contributed by atoms with E-state index in [0.717, 1.165) is 24.7 Å². The summed E-state index contributed by atoms with van der Waals surface area (Å²) in [6.07, 6.45) is 7.77. The lowest BCUT2D eigenvalue weighted by Gasteiger charge is -2.18. The summed E-state index contributed by atoms with van der Waals surface area (Å²) in [4.78, 5) is 24.9. The van der Waals surface area contributed by atoms with Crippen molar-refractivity contribution in [3.05, 3.63) is 83.1 Å². The van der Waals surface area contributed by atoms with Gasteiger partial charge < -0.3 is 10.6 Å². The fourth-order valence-corrected chi connectivity index (χ4v) is 2.80. The molecule has 25 heavy (non-hydrogen) atoms. The van der Waals surface area contributed by atoms with Gasteiger partial charge in [-0.05, 0) is 41.5 Å². The Morgan fingerprint density at radius 2 is 2.04 bits per heavy atom. The number of hydrogen-bond acceptors (Lipinski definition) is 5. The molecule has 1 fully saturated rings. The number of amides is 2. The molecule has 0 radical (unpaired) electrons. The van der Waals surface area contributed by atoms with Crippen molar-refractivity contribution in [1.29, 1.82) is 0 Å². The topological polar surface area (TPSA) is 75.4 Å². The molecule has 2 rings (SSSR count). The first kappa shape index (κ1) is 18.6. The maximum atomic E-state index is 11.5. The van der Waals surface area contributed by atoms with Gasteiger partial charge in [-0.15, -0.1) is 0 Å². The summed E-state index contributed by atoms with van der Waals surface area (Å²) in [5.74, 6) is 0.246. The van der Waals surface area contributed by atoms with Gasteiger partial charge in [0.25, 0.3) is 11.1 Å². The fraction of sp³-hybridized carbons (Fsp3) is 0.158. The van der Waals surface area contributed by atoms with Crippen molar-refractivity contribution in [2.24, 2.45) is 5.73 Å². The molecule has 0 bridgehead atoms. The van der Waals surface area contributed by atoms with E-state index in [4.69, 9.17) is 5.73 Å². The number of benzene rings is 1. The molecular formula is C19H21N3O2S. The number of thioether (sulfide) groups is 1. The van der Waals surface area contributed by atoms with Crippen LogP contribution in [0.1, 0.15) is 5.56 Å². The summed E-state index contributed by atoms with van der Waals surface area (Å²) in [5.41, 5.74) is 7.93. The largest absolute Gasteiger partial charge is 0.385 e. The van der Waals surface area contributed by atoms with Crippen LogP contribution in [0.4, 0.5) is 4.79 Å². The quantitative estimate of drug-likeness (QED) is 0.581. The van der Waals surface area contributed by atoms with Crippen LogP contribution in [-0.2, 0) is 11.2 Å². The van der Waals surface area contributed by atoms with Crippen LogP contribution in [0.15, 0.2) is 77.5 Å². The van der Waals surface area contributed by atoms with E-state index in [2.05, 4.69) is 24.0 Å². The molecule has 1 aromatic rings. The summed E-state index contributed by atoms with van der Waals surface area (Å²) >= 11 is 0.870. The fourth-order valence-electron chi connectivity index (χ4n) is 2.11. The molecule has 1 aliphatic heterocycles. The van der Waals surface area contributed by atoms with E-state index in [1.165, 1.54) is 5.56 Å². The Balaban J connectivity index is 1.85. The summed E-state index contributed by atoms with van der Waals surface area (Å²) in [5, 5.41) is 1.84. The third kappa shape index (κ3) is 6.00. The van der Waals surface area contributed by atoms with Crippen molar-refractivity contribution in [3.63, 3.8) is 0 Å². The first-order valence-electron chi connectivity index (χ1n) is 7.78. The Bertz CT molecular complexity index is 751. The van der Waals surface area contributed by atoms with Crippen molar-refractivity contribution in [2.45, 2.75) is 6.42 Å². The van der Waals surface area contributed by atoms with Crippen LogP contribution in [0.2, 0.25) is 0 Å². The van der Waals surface area contributed by atoms with E-state index in [1.54, 1.807) is 24.3 Å². The number of likely N-dealkylation sites (N-methyl/N-ethyl adjacent to an activating group) is 1. The van der Waals surface area contributed by atoms with Gasteiger partial charge in [0.05, 0.1) is 10.7 Å². The minimum Gasteiger partial charge on any atom is -0.385 e. The van der Waals surface area contributed by atoms with Crippen molar-refractivity contribution < 1.29 is 9.59 Å². The molecule has 0 unspecified atom stereocenters. The number of nitrogens with two attached hydrogens (primary N) is 1. The lowest BCUT2D eigenvalue weighted by atomic mass is 10.1. The normalized spacial score (nSPS) is 16.5. The first-order chi connectivity index (χ1) is 12.0. The average molecular weight is 355 g/mol. The number of rotatable bonds is 7. The van der Waals surface area contributed by atoms with Gasteiger partial charge in [0.1, 0.15) is 0 Å². The van der Waals surface area contributed by atoms with Gasteiger partial charge in [-0.1, -0.05) is 49.1 Å². The first-order valence-corrected chi connectivity index (χ1v) is 8.60. The second-order valence-electron chi connectivity index (χ2n) is 5.53. The van der Waals surface area contributed by atoms with Gasteiger partial charge in [-0.25, -0.2) is 0 Å². The maximum Gasteiger partial charge on any atom is 0.290 e. The zero-order valence-electron chi connectivity index (χ0n) is 14.1. The molecule has 6 heteroatoms. The number of allylic oxidation sites excluding steroid dienone is 5. The highest BCUT2D eigenvalue weighted by Gasteiger charge is 2.24. The smallest absolute Gasteiger partial charge is 0.290 e. The van der Waals surface area contributed by atoms with Gasteiger partial charge in [-0.2, -0.15) is 0 Å². The highest BCUT2D eigenvalue weighted by Crippen LogP contribution is 2.24. The number of carbonyl (C=O) groups excluding carboxylic acids is 2. The lowest BCUT2D eigenvalue weighted by Crippen LogP contribution is -2.25. The molecule has 0 spiro atoms. The van der Waals surface area contributed by atoms with Gasteiger partial charge >= 0.3 is 0 Å². The molecule has 1 saturated heterocycles. The van der Waals surface area contributed by atoms with E-state index < -0.39 is 0 Å². The van der Waals surface area contributed by atoms with Crippen molar-refractivity contribution in [3.8, 4) is 0 Å². The summed E-state index contributed by atoms with van der Waals surface area (Å²) in [6, 6.07) is 10.2. The monoisotopic (exact) mass is 355 g/mol. The standard InChI is InChI=1S/C19H21N3O2S/c1-14(13-16-18(23)21-19(24)25-16)7-6-10-17(20)22(2)12-11-15-8-4-3-5-9-15/h3-10,13H,1,11-12,20H2,2H3,(H,21,23,24)/b7-6-,16-13-,17-10+. The van der Waals surface area contributed by atoms with Crippen molar-refractivity contribution in [1.82, 2.24) is 10.2 Å². The second-order valence-corrected chi connectivity index (χ2v) is 6.55. The van der Waals surface area contributed by atoms with E-state index in [9.17, 15) is 9.59 Å². The van der Waals surface area contributed by atoms with Crippen LogP contribution < -0.4 is 11.1 Å². The van der Waals surface area contributed by atoms with E-state index in [1.807, 2.05) is 30.1 Å². The highest BCUT2D eigenvalue weighted by molar-refractivity contribution is 8.18. The highest BCUT2D eigenvalue weighted by atomic mass is 32.2. The van der Waals surface area contributed by atoms with Crippen LogP contribution in [0.3, 0.4) is 0 Å². The Labute approximate surface area is 152 Å². The minimum atomic E-state index is -0.389. The Hall–Kier alpha value is -2.73. The maximum absolute atomic E-state index is 11.5. The van der Waals surface area contributed by atoms with Gasteiger partial charge in [0.2, 0.25) is 0 Å². The SMILES string of the molecule is C=C(/C=C\C=C(/N)N(C)CCc1ccccc1)/C=C1\SC(=O)NC1=O. The summed E-state index contributed by atoms with van der Waals surface area (Å²) in [6.45, 7) is 4.65. The summed E-state index contributed by atoms with van der Waals surface area (Å²) < 4.78 is 0. The third-order valence-electron chi connectivity index (χ3n) is 3.56. The Kier molecular flexibility index (Phi) is 6.65. The third-order valence-corrected chi connectivity index (χ3v) is 4.37. The van der Waals surface area contributed by atoms with Crippen LogP contribution in [-0.4, -0.2) is 29.6 Å². The molecule has 0 atom stereocenters. The minimum absolute atomic E-state index is 0.344. The molecule has 0 aliphatic carbocycles. The van der Waals surface area contributed by atoms with E-state index in [-0.39, 0.29) is 11.1 Å². The Morgan fingerprint density at radius 3 is 2.68 bits per heavy atom. The van der Waals surface area contributed by atoms with Crippen LogP contribution in [0.5, 0.6) is 0 Å². The zero-order valence-corrected chi connectivity index (χ0v) is 14.9. The molecule has 0 aromatic heterocycles. The van der Waals surface area contributed by atoms with Crippen molar-refractivity contribution >= 4 is 22.9 Å². The predicted molar refractivity (Wildman–Crippen MR) is 103 cm³/mol. The number of nitrogens with zero attached hydrogens (tertiary/aromatic N) is 1. The predicted octanol–water partition coefficient (Wildman–Crippen LogP) is 2.94. The van der Waals surface area contributed by atoms with Crippen LogP contribution in [0.25, 0.3) is 0 Å². The molecule has 1 aliphatic rings. The molecular weight excluding hydrogens is 334 g/mol. The summed E-state index contributed by atoms with van der Waals surface area (Å²) in [7, 11) is 1.94. The Morgan fingerprint density at radius 1 is 1.32 bits per heavy atom. The molecule has 1 aromatic carbocycles. The van der Waals surface area contributed by atoms with Crippen LogP contribution in [0, 0.1) is 0 Å². The molecule has 5 nitrogen and oxygen atoms in total. The number of nitrogens with one attached hydrogen (secondary N) is 1. The van der Waals surface area contributed by atoms with E-state index >= 15 is 0 Å². The number of carbonyl (C=O) groups is 2. The lowest BCUT2D eigenvalue weighted by molar-refractivity contribution is -0.115. The second kappa shape index (κ2) is 8.94. The van der Waals surface area contributed by atoms with Crippen molar-refractivity contribution in [2.75, 3.05) is 13.6 Å². The van der Waals surface area contributed by atoms with Gasteiger partial charge in [0.15, 0.2) is 0 Å². The molecule has 0 saturated carbocycles. The average Bonchev–Trinajstić information content (AvgIpc) is 2.90. The van der Waals surface area contributed by atoms with Gasteiger partial charge in [-0.3, -0.25) is 14.9 Å². The zero-order chi connectivity index (χ0) is 18.2. The van der Waals surface area contributed by atoms with Crippen LogP contribution >= 0.6 is 11.8 Å². The molecule has 2 amide bonds. The molecule has 130 valence electrons. The van der Waals surface area contributed by atoms with Gasteiger partial charge in [0, 0.05) is 13.6 Å². The number of hydrogen-bond donors (Lipinski definition) is 2. The molecule has 1 heterocycles. The molecule has 3 N–H and O–H groups in total. The number of imide groups is 1.